The van der Waals surface area contributed by atoms with Gasteiger partial charge in [0.2, 0.25) is 5.91 Å². The van der Waals surface area contributed by atoms with E-state index in [1.54, 1.807) is 11.9 Å². The third kappa shape index (κ3) is 4.69. The molecule has 17 heavy (non-hydrogen) atoms. The minimum atomic E-state index is 0.0404. The highest BCUT2D eigenvalue weighted by atomic mass is 16.2. The van der Waals surface area contributed by atoms with E-state index in [-0.39, 0.29) is 5.91 Å². The van der Waals surface area contributed by atoms with E-state index in [1.165, 1.54) is 11.1 Å². The molecule has 0 aliphatic heterocycles. The van der Waals surface area contributed by atoms with Crippen LogP contribution in [-0.2, 0) is 11.2 Å². The van der Waals surface area contributed by atoms with Gasteiger partial charge in [0.25, 0.3) is 0 Å². The lowest BCUT2D eigenvalue weighted by atomic mass is 10.1. The molecule has 1 aromatic rings. The first-order valence-corrected chi connectivity index (χ1v) is 5.80. The van der Waals surface area contributed by atoms with Crippen molar-refractivity contribution in [1.29, 1.82) is 5.26 Å². The Morgan fingerprint density at radius 3 is 2.59 bits per heavy atom. The molecule has 0 heterocycles. The lowest BCUT2D eigenvalue weighted by molar-refractivity contribution is -0.129. The summed E-state index contributed by atoms with van der Waals surface area (Å²) in [6.07, 6.45) is 1.48. The van der Waals surface area contributed by atoms with Crippen molar-refractivity contribution in [1.82, 2.24) is 4.90 Å². The Kier molecular flexibility index (Phi) is 5.22. The summed E-state index contributed by atoms with van der Waals surface area (Å²) in [5.74, 6) is 0.0404. The third-order valence-corrected chi connectivity index (χ3v) is 2.73. The highest BCUT2D eigenvalue weighted by Gasteiger charge is 2.07. The van der Waals surface area contributed by atoms with Gasteiger partial charge in [0.1, 0.15) is 0 Å². The molecule has 0 aromatic heterocycles. The molecule has 0 fully saturated rings. The summed E-state index contributed by atoms with van der Waals surface area (Å²) in [6.45, 7) is 2.76. The fraction of sp³-hybridized carbons (Fsp3) is 0.429. The van der Waals surface area contributed by atoms with Gasteiger partial charge in [0, 0.05) is 26.4 Å². The number of hydrogen-bond donors (Lipinski definition) is 0. The molecule has 0 aliphatic rings. The largest absolute Gasteiger partial charge is 0.345 e. The molecule has 0 unspecified atom stereocenters. The number of nitriles is 1. The number of likely N-dealkylation sites (N-methyl/N-ethyl adjacent to an activating group) is 1. The second-order valence-electron chi connectivity index (χ2n) is 4.21. The smallest absolute Gasteiger partial charge is 0.223 e. The lowest BCUT2D eigenvalue weighted by Gasteiger charge is -2.16. The Hall–Kier alpha value is -1.82. The van der Waals surface area contributed by atoms with Gasteiger partial charge in [-0.15, -0.1) is 0 Å². The first-order chi connectivity index (χ1) is 8.13. The van der Waals surface area contributed by atoms with E-state index in [0.29, 0.717) is 19.4 Å². The number of rotatable bonds is 5. The molecule has 0 saturated carbocycles. The fourth-order valence-corrected chi connectivity index (χ4v) is 1.53. The van der Waals surface area contributed by atoms with Crippen molar-refractivity contribution in [3.05, 3.63) is 35.4 Å². The van der Waals surface area contributed by atoms with Gasteiger partial charge in [-0.05, 0) is 18.9 Å². The maximum Gasteiger partial charge on any atom is 0.223 e. The van der Waals surface area contributed by atoms with Crippen molar-refractivity contribution in [2.24, 2.45) is 0 Å². The van der Waals surface area contributed by atoms with Crippen molar-refractivity contribution in [2.75, 3.05) is 13.6 Å². The summed E-state index contributed by atoms with van der Waals surface area (Å²) in [6, 6.07) is 10.3. The summed E-state index contributed by atoms with van der Waals surface area (Å²) >= 11 is 0. The number of aryl methyl sites for hydroxylation is 1. The molecule has 0 bridgehead atoms. The molecule has 0 saturated heterocycles. The SMILES string of the molecule is Cc1ccc(CCN(C)C(=O)CCC#N)cc1. The van der Waals surface area contributed by atoms with Gasteiger partial charge in [-0.3, -0.25) is 4.79 Å². The molecule has 90 valence electrons. The van der Waals surface area contributed by atoms with Crippen molar-refractivity contribution in [3.8, 4) is 6.07 Å². The normalized spacial score (nSPS) is 9.71. The van der Waals surface area contributed by atoms with Crippen LogP contribution in [0.1, 0.15) is 24.0 Å². The summed E-state index contributed by atoms with van der Waals surface area (Å²) < 4.78 is 0. The Morgan fingerprint density at radius 2 is 2.00 bits per heavy atom. The highest BCUT2D eigenvalue weighted by Crippen LogP contribution is 2.05. The number of benzene rings is 1. The second-order valence-corrected chi connectivity index (χ2v) is 4.21. The van der Waals surface area contributed by atoms with Gasteiger partial charge in [-0.25, -0.2) is 0 Å². The predicted octanol–water partition coefficient (Wildman–Crippen LogP) is 2.30. The molecule has 1 rings (SSSR count). The van der Waals surface area contributed by atoms with Crippen LogP contribution in [0.2, 0.25) is 0 Å². The van der Waals surface area contributed by atoms with E-state index < -0.39 is 0 Å². The maximum atomic E-state index is 11.6. The Morgan fingerprint density at radius 1 is 1.35 bits per heavy atom. The number of amides is 1. The molecule has 1 aromatic carbocycles. The zero-order chi connectivity index (χ0) is 12.7. The maximum absolute atomic E-state index is 11.6. The van der Waals surface area contributed by atoms with Crippen LogP contribution in [0, 0.1) is 18.3 Å². The third-order valence-electron chi connectivity index (χ3n) is 2.73. The molecule has 0 spiro atoms. The Balaban J connectivity index is 2.37. The van der Waals surface area contributed by atoms with Crippen LogP contribution >= 0.6 is 0 Å². The first kappa shape index (κ1) is 13.2. The van der Waals surface area contributed by atoms with Crippen LogP contribution in [0.4, 0.5) is 0 Å². The van der Waals surface area contributed by atoms with Gasteiger partial charge in [0.05, 0.1) is 6.07 Å². The summed E-state index contributed by atoms with van der Waals surface area (Å²) in [7, 11) is 1.79. The number of nitrogens with zero attached hydrogens (tertiary/aromatic N) is 2. The number of hydrogen-bond acceptors (Lipinski definition) is 2. The summed E-state index contributed by atoms with van der Waals surface area (Å²) in [5, 5.41) is 8.41. The molecule has 1 amide bonds. The van der Waals surface area contributed by atoms with Crippen LogP contribution in [-0.4, -0.2) is 24.4 Å². The molecular weight excluding hydrogens is 212 g/mol. The van der Waals surface area contributed by atoms with E-state index in [2.05, 4.69) is 31.2 Å². The summed E-state index contributed by atoms with van der Waals surface area (Å²) in [4.78, 5) is 13.2. The van der Waals surface area contributed by atoms with Crippen LogP contribution in [0.15, 0.2) is 24.3 Å². The topological polar surface area (TPSA) is 44.1 Å². The predicted molar refractivity (Wildman–Crippen MR) is 67.4 cm³/mol. The highest BCUT2D eigenvalue weighted by molar-refractivity contribution is 5.76. The fourth-order valence-electron chi connectivity index (χ4n) is 1.53. The number of carbonyl (C=O) groups is 1. The zero-order valence-electron chi connectivity index (χ0n) is 10.4. The van der Waals surface area contributed by atoms with E-state index in [1.807, 2.05) is 6.07 Å². The van der Waals surface area contributed by atoms with E-state index >= 15 is 0 Å². The average Bonchev–Trinajstić information content (AvgIpc) is 2.34. The second kappa shape index (κ2) is 6.70. The van der Waals surface area contributed by atoms with E-state index in [4.69, 9.17) is 5.26 Å². The van der Waals surface area contributed by atoms with Crippen LogP contribution < -0.4 is 0 Å². The Labute approximate surface area is 103 Å². The molecule has 0 N–H and O–H groups in total. The van der Waals surface area contributed by atoms with Crippen molar-refractivity contribution in [3.63, 3.8) is 0 Å². The average molecular weight is 230 g/mol. The van der Waals surface area contributed by atoms with E-state index in [9.17, 15) is 4.79 Å². The standard InChI is InChI=1S/C14H18N2O/c1-12-5-7-13(8-6-12)9-11-16(2)14(17)4-3-10-15/h5-8H,3-4,9,11H2,1-2H3. The van der Waals surface area contributed by atoms with Gasteiger partial charge < -0.3 is 4.90 Å². The zero-order valence-corrected chi connectivity index (χ0v) is 10.4. The quantitative estimate of drug-likeness (QED) is 0.779. The van der Waals surface area contributed by atoms with E-state index in [0.717, 1.165) is 6.42 Å². The molecule has 3 heteroatoms. The molecule has 0 atom stereocenters. The van der Waals surface area contributed by atoms with Gasteiger partial charge >= 0.3 is 0 Å². The van der Waals surface area contributed by atoms with Crippen LogP contribution in [0.25, 0.3) is 0 Å². The molecule has 0 radical (unpaired) electrons. The summed E-state index contributed by atoms with van der Waals surface area (Å²) in [5.41, 5.74) is 2.47. The molecule has 0 aliphatic carbocycles. The van der Waals surface area contributed by atoms with Gasteiger partial charge in [0.15, 0.2) is 0 Å². The number of carbonyl (C=O) groups excluding carboxylic acids is 1. The monoisotopic (exact) mass is 230 g/mol. The van der Waals surface area contributed by atoms with Gasteiger partial charge in [-0.1, -0.05) is 29.8 Å². The van der Waals surface area contributed by atoms with Crippen LogP contribution in [0.5, 0.6) is 0 Å². The Bertz CT molecular complexity index is 403. The minimum absolute atomic E-state index is 0.0404. The van der Waals surface area contributed by atoms with Crippen molar-refractivity contribution in [2.45, 2.75) is 26.2 Å². The molecular formula is C14H18N2O. The molecule has 3 nitrogen and oxygen atoms in total. The van der Waals surface area contributed by atoms with Crippen molar-refractivity contribution < 1.29 is 4.79 Å². The minimum Gasteiger partial charge on any atom is -0.345 e. The van der Waals surface area contributed by atoms with Crippen LogP contribution in [0.3, 0.4) is 0 Å². The van der Waals surface area contributed by atoms with Gasteiger partial charge in [-0.2, -0.15) is 5.26 Å². The van der Waals surface area contributed by atoms with Crippen molar-refractivity contribution >= 4 is 5.91 Å². The lowest BCUT2D eigenvalue weighted by Crippen LogP contribution is -2.28. The first-order valence-electron chi connectivity index (χ1n) is 5.80.